The van der Waals surface area contributed by atoms with Crippen LogP contribution in [0.1, 0.15) is 5.69 Å². The minimum atomic E-state index is -0.366. The van der Waals surface area contributed by atoms with Crippen molar-refractivity contribution in [2.24, 2.45) is 0 Å². The zero-order chi connectivity index (χ0) is 13.7. The van der Waals surface area contributed by atoms with Crippen LogP contribution >= 0.6 is 15.9 Å². The van der Waals surface area contributed by atoms with E-state index in [9.17, 15) is 4.39 Å². The quantitative estimate of drug-likeness (QED) is 0.828. The Morgan fingerprint density at radius 2 is 2.32 bits per heavy atom. The number of nitrogens with zero attached hydrogens (tertiary/aromatic N) is 1. The van der Waals surface area contributed by atoms with E-state index in [2.05, 4.69) is 26.2 Å². The molecular weight excluding hydrogens is 315 g/mol. The van der Waals surface area contributed by atoms with Gasteiger partial charge in [0.05, 0.1) is 17.9 Å². The van der Waals surface area contributed by atoms with E-state index in [1.54, 1.807) is 19.2 Å². The normalized spacial score (nSPS) is 10.9. The number of ether oxygens (including phenoxy) is 1. The topological polar surface area (TPSA) is 47.3 Å². The van der Waals surface area contributed by atoms with Crippen molar-refractivity contribution in [3.05, 3.63) is 40.4 Å². The summed E-state index contributed by atoms with van der Waals surface area (Å²) in [6, 6.07) is 4.77. The van der Waals surface area contributed by atoms with Gasteiger partial charge in [0, 0.05) is 24.7 Å². The molecule has 0 saturated heterocycles. The van der Waals surface area contributed by atoms with Crippen LogP contribution in [-0.4, -0.2) is 25.2 Å². The van der Waals surface area contributed by atoms with Gasteiger partial charge in [-0.25, -0.2) is 9.37 Å². The van der Waals surface area contributed by atoms with E-state index < -0.39 is 0 Å². The summed E-state index contributed by atoms with van der Waals surface area (Å²) >= 11 is 3.21. The predicted molar refractivity (Wildman–Crippen MR) is 73.2 cm³/mol. The molecule has 6 heteroatoms. The van der Waals surface area contributed by atoms with Crippen molar-refractivity contribution >= 4 is 15.9 Å². The summed E-state index contributed by atoms with van der Waals surface area (Å²) in [5.74, 6) is -0.0799. The van der Waals surface area contributed by atoms with Crippen molar-refractivity contribution in [2.75, 3.05) is 20.3 Å². The number of hydrogen-bond donors (Lipinski definition) is 1. The number of rotatable bonds is 6. The van der Waals surface area contributed by atoms with Gasteiger partial charge >= 0.3 is 0 Å². The second-order valence-electron chi connectivity index (χ2n) is 3.94. The van der Waals surface area contributed by atoms with Crippen LogP contribution in [0, 0.1) is 5.82 Å². The van der Waals surface area contributed by atoms with E-state index in [0.717, 1.165) is 12.2 Å². The van der Waals surface area contributed by atoms with E-state index in [4.69, 9.17) is 9.15 Å². The first-order valence-electron chi connectivity index (χ1n) is 5.80. The summed E-state index contributed by atoms with van der Waals surface area (Å²) in [7, 11) is 1.65. The highest BCUT2D eigenvalue weighted by atomic mass is 79.9. The SMILES string of the molecule is COCCNCc1coc(-c2ccc(Br)cc2F)n1. The van der Waals surface area contributed by atoms with Gasteiger partial charge in [-0.3, -0.25) is 0 Å². The maximum Gasteiger partial charge on any atom is 0.229 e. The molecule has 0 spiro atoms. The van der Waals surface area contributed by atoms with E-state index in [1.807, 2.05) is 0 Å². The van der Waals surface area contributed by atoms with E-state index in [1.165, 1.54) is 12.3 Å². The molecule has 0 bridgehead atoms. The van der Waals surface area contributed by atoms with Gasteiger partial charge in [0.1, 0.15) is 12.1 Å². The summed E-state index contributed by atoms with van der Waals surface area (Å²) in [4.78, 5) is 4.24. The zero-order valence-electron chi connectivity index (χ0n) is 10.5. The van der Waals surface area contributed by atoms with Crippen LogP contribution in [-0.2, 0) is 11.3 Å². The molecule has 0 aliphatic rings. The highest BCUT2D eigenvalue weighted by molar-refractivity contribution is 9.10. The molecule has 0 saturated carbocycles. The molecule has 0 fully saturated rings. The lowest BCUT2D eigenvalue weighted by Crippen LogP contribution is -2.18. The number of hydrogen-bond acceptors (Lipinski definition) is 4. The van der Waals surface area contributed by atoms with E-state index in [-0.39, 0.29) is 11.7 Å². The minimum Gasteiger partial charge on any atom is -0.444 e. The average molecular weight is 329 g/mol. The molecule has 1 heterocycles. The predicted octanol–water partition coefficient (Wildman–Crippen LogP) is 2.98. The van der Waals surface area contributed by atoms with Crippen LogP contribution < -0.4 is 5.32 Å². The van der Waals surface area contributed by atoms with Crippen LogP contribution in [0.4, 0.5) is 4.39 Å². The largest absolute Gasteiger partial charge is 0.444 e. The molecule has 0 amide bonds. The van der Waals surface area contributed by atoms with Gasteiger partial charge < -0.3 is 14.5 Å². The average Bonchev–Trinajstić information content (AvgIpc) is 2.83. The molecule has 0 aliphatic carbocycles. The fourth-order valence-corrected chi connectivity index (χ4v) is 1.90. The molecule has 1 aromatic heterocycles. The first-order valence-corrected chi connectivity index (χ1v) is 6.59. The smallest absolute Gasteiger partial charge is 0.229 e. The standard InChI is InChI=1S/C13H14BrFN2O2/c1-18-5-4-16-7-10-8-19-13(17-10)11-3-2-9(14)6-12(11)15/h2-3,6,8,16H,4-5,7H2,1H3. The summed E-state index contributed by atoms with van der Waals surface area (Å²) in [6.07, 6.45) is 1.52. The lowest BCUT2D eigenvalue weighted by Gasteiger charge is -2.00. The van der Waals surface area contributed by atoms with Crippen molar-refractivity contribution in [3.63, 3.8) is 0 Å². The van der Waals surface area contributed by atoms with Gasteiger partial charge in [-0.15, -0.1) is 0 Å². The van der Waals surface area contributed by atoms with Gasteiger partial charge in [0.25, 0.3) is 0 Å². The van der Waals surface area contributed by atoms with Crippen molar-refractivity contribution in [2.45, 2.75) is 6.54 Å². The lowest BCUT2D eigenvalue weighted by molar-refractivity contribution is 0.199. The van der Waals surface area contributed by atoms with Crippen molar-refractivity contribution in [3.8, 4) is 11.5 Å². The molecule has 0 atom stereocenters. The van der Waals surface area contributed by atoms with Crippen molar-refractivity contribution in [1.29, 1.82) is 0 Å². The molecule has 0 radical (unpaired) electrons. The maximum absolute atomic E-state index is 13.7. The second-order valence-corrected chi connectivity index (χ2v) is 4.85. The lowest BCUT2D eigenvalue weighted by atomic mass is 10.2. The number of methoxy groups -OCH3 is 1. The van der Waals surface area contributed by atoms with Gasteiger partial charge in [-0.2, -0.15) is 0 Å². The Labute approximate surface area is 119 Å². The first kappa shape index (κ1) is 14.2. The Balaban J connectivity index is 2.04. The Morgan fingerprint density at radius 3 is 3.05 bits per heavy atom. The van der Waals surface area contributed by atoms with Gasteiger partial charge in [0.2, 0.25) is 5.89 Å². The molecule has 2 aromatic rings. The number of oxazole rings is 1. The second kappa shape index (κ2) is 6.79. The molecule has 102 valence electrons. The molecule has 2 rings (SSSR count). The fourth-order valence-electron chi connectivity index (χ4n) is 1.57. The fraction of sp³-hybridized carbons (Fsp3) is 0.308. The third-order valence-electron chi connectivity index (χ3n) is 2.50. The van der Waals surface area contributed by atoms with Crippen LogP contribution in [0.25, 0.3) is 11.5 Å². The summed E-state index contributed by atoms with van der Waals surface area (Å²) in [6.45, 7) is 1.92. The summed E-state index contributed by atoms with van der Waals surface area (Å²) in [5, 5.41) is 3.14. The number of nitrogens with one attached hydrogen (secondary N) is 1. The van der Waals surface area contributed by atoms with Crippen LogP contribution in [0.3, 0.4) is 0 Å². The zero-order valence-corrected chi connectivity index (χ0v) is 12.0. The van der Waals surface area contributed by atoms with E-state index in [0.29, 0.717) is 23.2 Å². The van der Waals surface area contributed by atoms with Gasteiger partial charge in [-0.05, 0) is 18.2 Å². The minimum absolute atomic E-state index is 0.286. The Bertz CT molecular complexity index is 545. The number of benzene rings is 1. The Kier molecular flexibility index (Phi) is 5.07. The molecule has 19 heavy (non-hydrogen) atoms. The Morgan fingerprint density at radius 1 is 1.47 bits per heavy atom. The van der Waals surface area contributed by atoms with Gasteiger partial charge in [-0.1, -0.05) is 15.9 Å². The Hall–Kier alpha value is -1.24. The van der Waals surface area contributed by atoms with Crippen molar-refractivity contribution < 1.29 is 13.5 Å². The number of halogens is 2. The summed E-state index contributed by atoms with van der Waals surface area (Å²) in [5.41, 5.74) is 1.08. The third-order valence-corrected chi connectivity index (χ3v) is 3.00. The molecular formula is C13H14BrFN2O2. The summed E-state index contributed by atoms with van der Waals surface area (Å²) < 4.78 is 24.6. The molecule has 0 unspecified atom stereocenters. The third kappa shape index (κ3) is 3.86. The maximum atomic E-state index is 13.7. The van der Waals surface area contributed by atoms with Crippen molar-refractivity contribution in [1.82, 2.24) is 10.3 Å². The highest BCUT2D eigenvalue weighted by Gasteiger charge is 2.11. The number of aromatic nitrogens is 1. The van der Waals surface area contributed by atoms with Crippen LogP contribution in [0.15, 0.2) is 33.4 Å². The molecule has 1 aromatic carbocycles. The molecule has 0 aliphatic heterocycles. The van der Waals surface area contributed by atoms with Gasteiger partial charge in [0.15, 0.2) is 0 Å². The molecule has 1 N–H and O–H groups in total. The van der Waals surface area contributed by atoms with Crippen LogP contribution in [0.5, 0.6) is 0 Å². The highest BCUT2D eigenvalue weighted by Crippen LogP contribution is 2.24. The monoisotopic (exact) mass is 328 g/mol. The first-order chi connectivity index (χ1) is 9.20. The van der Waals surface area contributed by atoms with E-state index >= 15 is 0 Å². The molecule has 4 nitrogen and oxygen atoms in total. The van der Waals surface area contributed by atoms with Crippen LogP contribution in [0.2, 0.25) is 0 Å².